The number of ether oxygens (including phenoxy) is 2. The van der Waals surface area contributed by atoms with Crippen LogP contribution in [0.2, 0.25) is 0 Å². The summed E-state index contributed by atoms with van der Waals surface area (Å²) in [4.78, 5) is 27.2. The fourth-order valence-electron chi connectivity index (χ4n) is 4.62. The zero-order valence-corrected chi connectivity index (χ0v) is 15.3. The number of carbonyl (C=O) groups excluding carboxylic acids is 2. The van der Waals surface area contributed by atoms with Crippen LogP contribution in [-0.4, -0.2) is 47.7 Å². The van der Waals surface area contributed by atoms with Gasteiger partial charge in [0, 0.05) is 12.3 Å². The Hall–Kier alpha value is -2.92. The standard InChI is InChI=1S/C23H21NO4/c25-19-13-17-11-12-20(28-17)22(19)24-18(14-27-23(24)26)21(15-7-3-1-4-8-15)16-9-5-2-6-10-16/h1-12,17-18,20-22H,13-14H2/t17-,18-,20+,22+/m0/s1. The summed E-state index contributed by atoms with van der Waals surface area (Å²) in [5, 5.41) is 0. The maximum Gasteiger partial charge on any atom is 0.410 e. The summed E-state index contributed by atoms with van der Waals surface area (Å²) in [7, 11) is 0. The molecule has 3 aliphatic heterocycles. The molecule has 1 amide bonds. The van der Waals surface area contributed by atoms with Gasteiger partial charge in [-0.15, -0.1) is 0 Å². The Balaban J connectivity index is 1.57. The molecule has 0 unspecified atom stereocenters. The number of rotatable bonds is 4. The number of cyclic esters (lactones) is 1. The SMILES string of the molecule is O=C1C[C@@H]2C=C[C@@H](O2)[C@@H]1N1C(=O)OC[C@H]1C(c1ccccc1)c1ccccc1. The monoisotopic (exact) mass is 375 g/mol. The minimum absolute atomic E-state index is 0.0370. The van der Waals surface area contributed by atoms with Gasteiger partial charge in [-0.1, -0.05) is 72.8 Å². The molecular weight excluding hydrogens is 354 g/mol. The van der Waals surface area contributed by atoms with Gasteiger partial charge in [-0.3, -0.25) is 9.69 Å². The minimum atomic E-state index is -0.634. The predicted molar refractivity (Wildman–Crippen MR) is 103 cm³/mol. The molecule has 28 heavy (non-hydrogen) atoms. The molecule has 4 atom stereocenters. The molecule has 2 saturated heterocycles. The van der Waals surface area contributed by atoms with Crippen LogP contribution in [0.3, 0.4) is 0 Å². The van der Waals surface area contributed by atoms with Gasteiger partial charge in [-0.25, -0.2) is 4.79 Å². The molecule has 5 heteroatoms. The molecule has 3 aliphatic rings. The van der Waals surface area contributed by atoms with Crippen LogP contribution in [0.5, 0.6) is 0 Å². The van der Waals surface area contributed by atoms with Gasteiger partial charge in [-0.2, -0.15) is 0 Å². The molecule has 5 nitrogen and oxygen atoms in total. The number of amides is 1. The Kier molecular flexibility index (Phi) is 4.24. The summed E-state index contributed by atoms with van der Waals surface area (Å²) in [5.74, 6) is -0.0558. The third-order valence-electron chi connectivity index (χ3n) is 5.84. The van der Waals surface area contributed by atoms with Gasteiger partial charge < -0.3 is 9.47 Å². The van der Waals surface area contributed by atoms with E-state index < -0.39 is 18.2 Å². The largest absolute Gasteiger partial charge is 0.447 e. The third kappa shape index (κ3) is 2.83. The van der Waals surface area contributed by atoms with Gasteiger partial charge in [0.15, 0.2) is 5.78 Å². The summed E-state index contributed by atoms with van der Waals surface area (Å²) in [6.07, 6.45) is 3.13. The Labute approximate surface area is 163 Å². The molecule has 2 aromatic carbocycles. The smallest absolute Gasteiger partial charge is 0.410 e. The number of Topliss-reactive ketones (excluding diaryl/α,β-unsaturated/α-hetero) is 1. The van der Waals surface area contributed by atoms with E-state index in [4.69, 9.17) is 9.47 Å². The summed E-state index contributed by atoms with van der Waals surface area (Å²) in [6.45, 7) is 0.247. The van der Waals surface area contributed by atoms with Crippen molar-refractivity contribution in [2.45, 2.75) is 36.6 Å². The van der Waals surface area contributed by atoms with Crippen LogP contribution >= 0.6 is 0 Å². The lowest BCUT2D eigenvalue weighted by atomic mass is 9.83. The highest BCUT2D eigenvalue weighted by atomic mass is 16.6. The number of benzene rings is 2. The lowest BCUT2D eigenvalue weighted by Gasteiger charge is -2.39. The first-order chi connectivity index (χ1) is 13.7. The van der Waals surface area contributed by atoms with Crippen molar-refractivity contribution in [3.63, 3.8) is 0 Å². The molecule has 0 aromatic heterocycles. The van der Waals surface area contributed by atoms with Crippen molar-refractivity contribution in [1.29, 1.82) is 0 Å². The van der Waals surface area contributed by atoms with Gasteiger partial charge >= 0.3 is 6.09 Å². The molecule has 0 aliphatic carbocycles. The fourth-order valence-corrected chi connectivity index (χ4v) is 4.62. The van der Waals surface area contributed by atoms with Crippen molar-refractivity contribution in [2.75, 3.05) is 6.61 Å². The second-order valence-electron chi connectivity index (χ2n) is 7.49. The van der Waals surface area contributed by atoms with E-state index in [2.05, 4.69) is 24.3 Å². The number of fused-ring (bicyclic) bond motifs is 2. The Morgan fingerprint density at radius 3 is 2.18 bits per heavy atom. The van der Waals surface area contributed by atoms with Crippen molar-refractivity contribution in [3.05, 3.63) is 83.9 Å². The first-order valence-corrected chi connectivity index (χ1v) is 9.64. The van der Waals surface area contributed by atoms with E-state index in [-0.39, 0.29) is 30.5 Å². The summed E-state index contributed by atoms with van der Waals surface area (Å²) in [6, 6.07) is 19.2. The van der Waals surface area contributed by atoms with Crippen molar-refractivity contribution in [1.82, 2.24) is 4.90 Å². The summed E-state index contributed by atoms with van der Waals surface area (Å²) in [5.41, 5.74) is 2.18. The molecule has 3 heterocycles. The topological polar surface area (TPSA) is 55.8 Å². The number of carbonyl (C=O) groups is 2. The second kappa shape index (κ2) is 6.91. The molecule has 5 rings (SSSR count). The zero-order chi connectivity index (χ0) is 19.1. The average molecular weight is 375 g/mol. The van der Waals surface area contributed by atoms with Crippen LogP contribution in [-0.2, 0) is 14.3 Å². The molecule has 0 N–H and O–H groups in total. The lowest BCUT2D eigenvalue weighted by molar-refractivity contribution is -0.138. The first kappa shape index (κ1) is 17.2. The maximum atomic E-state index is 12.9. The molecule has 0 spiro atoms. The van der Waals surface area contributed by atoms with E-state index in [1.165, 1.54) is 0 Å². The van der Waals surface area contributed by atoms with Crippen LogP contribution in [0.15, 0.2) is 72.8 Å². The van der Waals surface area contributed by atoms with E-state index in [1.54, 1.807) is 4.90 Å². The van der Waals surface area contributed by atoms with Gasteiger partial charge in [0.25, 0.3) is 0 Å². The van der Waals surface area contributed by atoms with Crippen molar-refractivity contribution in [2.24, 2.45) is 0 Å². The number of ketones is 1. The minimum Gasteiger partial charge on any atom is -0.447 e. The first-order valence-electron chi connectivity index (χ1n) is 9.64. The van der Waals surface area contributed by atoms with E-state index >= 15 is 0 Å². The highest BCUT2D eigenvalue weighted by Crippen LogP contribution is 2.38. The fraction of sp³-hybridized carbons (Fsp3) is 0.304. The molecule has 2 fully saturated rings. The van der Waals surface area contributed by atoms with Crippen molar-refractivity contribution in [3.8, 4) is 0 Å². The lowest BCUT2D eigenvalue weighted by Crippen LogP contribution is -2.56. The molecule has 2 aromatic rings. The second-order valence-corrected chi connectivity index (χ2v) is 7.49. The Morgan fingerprint density at radius 1 is 0.893 bits per heavy atom. The molecule has 142 valence electrons. The number of hydrogen-bond acceptors (Lipinski definition) is 4. The van der Waals surface area contributed by atoms with E-state index in [0.29, 0.717) is 6.42 Å². The number of hydrogen-bond donors (Lipinski definition) is 0. The van der Waals surface area contributed by atoms with Crippen molar-refractivity contribution < 1.29 is 19.1 Å². The molecule has 2 bridgehead atoms. The number of nitrogens with zero attached hydrogens (tertiary/aromatic N) is 1. The molecule has 0 saturated carbocycles. The third-order valence-corrected chi connectivity index (χ3v) is 5.84. The van der Waals surface area contributed by atoms with E-state index in [1.807, 2.05) is 48.6 Å². The Morgan fingerprint density at radius 2 is 1.54 bits per heavy atom. The van der Waals surface area contributed by atoms with Gasteiger partial charge in [0.1, 0.15) is 18.8 Å². The highest BCUT2D eigenvalue weighted by molar-refractivity contribution is 5.90. The quantitative estimate of drug-likeness (QED) is 0.770. The van der Waals surface area contributed by atoms with Crippen LogP contribution in [0.25, 0.3) is 0 Å². The van der Waals surface area contributed by atoms with Gasteiger partial charge in [0.2, 0.25) is 0 Å². The van der Waals surface area contributed by atoms with Gasteiger partial charge in [-0.05, 0) is 11.1 Å². The maximum absolute atomic E-state index is 12.9. The van der Waals surface area contributed by atoms with Crippen LogP contribution in [0, 0.1) is 0 Å². The van der Waals surface area contributed by atoms with Crippen LogP contribution in [0.1, 0.15) is 23.5 Å². The average Bonchev–Trinajstić information content (AvgIpc) is 3.29. The predicted octanol–water partition coefficient (Wildman–Crippen LogP) is 3.30. The van der Waals surface area contributed by atoms with E-state index in [9.17, 15) is 9.59 Å². The molecule has 0 radical (unpaired) electrons. The zero-order valence-electron chi connectivity index (χ0n) is 15.3. The normalized spacial score (nSPS) is 28.8. The van der Waals surface area contributed by atoms with E-state index in [0.717, 1.165) is 11.1 Å². The highest BCUT2D eigenvalue weighted by Gasteiger charge is 2.51. The molecular formula is C23H21NO4. The van der Waals surface area contributed by atoms with Crippen LogP contribution < -0.4 is 0 Å². The van der Waals surface area contributed by atoms with Gasteiger partial charge in [0.05, 0.1) is 12.1 Å². The van der Waals surface area contributed by atoms with Crippen molar-refractivity contribution >= 4 is 11.9 Å². The summed E-state index contributed by atoms with van der Waals surface area (Å²) >= 11 is 0. The Bertz CT molecular complexity index is 871. The van der Waals surface area contributed by atoms with Crippen LogP contribution in [0.4, 0.5) is 4.79 Å². The summed E-state index contributed by atoms with van der Waals surface area (Å²) < 4.78 is 11.4.